The maximum Gasteiger partial charge on any atom is 0.412 e. The summed E-state index contributed by atoms with van der Waals surface area (Å²) < 4.78 is 6.03. The number of benzene rings is 4. The molecule has 1 heterocycles. The Labute approximate surface area is 303 Å². The van der Waals surface area contributed by atoms with Crippen LogP contribution in [0.4, 0.5) is 10.5 Å². The Hall–Kier alpha value is -5.16. The topological polar surface area (TPSA) is 161 Å². The van der Waals surface area contributed by atoms with Crippen molar-refractivity contribution in [1.29, 1.82) is 0 Å². The van der Waals surface area contributed by atoms with Gasteiger partial charge in [-0.3, -0.25) is 9.69 Å². The van der Waals surface area contributed by atoms with Gasteiger partial charge >= 0.3 is 6.09 Å². The molecular formula is C42H48N4O6. The van der Waals surface area contributed by atoms with E-state index in [2.05, 4.69) is 28.5 Å². The van der Waals surface area contributed by atoms with Crippen molar-refractivity contribution in [1.82, 2.24) is 10.3 Å². The lowest BCUT2D eigenvalue weighted by Gasteiger charge is -2.35. The fourth-order valence-corrected chi connectivity index (χ4v) is 7.11. The first-order valence-corrected chi connectivity index (χ1v) is 18.2. The third-order valence-corrected chi connectivity index (χ3v) is 9.96. The van der Waals surface area contributed by atoms with Gasteiger partial charge in [-0.1, -0.05) is 60.7 Å². The number of aryl methyl sites for hydroxylation is 1. The van der Waals surface area contributed by atoms with Crippen molar-refractivity contribution in [2.24, 2.45) is 5.73 Å². The van der Waals surface area contributed by atoms with Gasteiger partial charge in [-0.15, -0.1) is 0 Å². The lowest BCUT2D eigenvalue weighted by molar-refractivity contribution is 0.176. The fourth-order valence-electron chi connectivity index (χ4n) is 7.11. The van der Waals surface area contributed by atoms with Gasteiger partial charge in [0.1, 0.15) is 11.5 Å². The predicted molar refractivity (Wildman–Crippen MR) is 205 cm³/mol. The highest BCUT2D eigenvalue weighted by Gasteiger charge is 2.30. The molecule has 1 aliphatic carbocycles. The van der Waals surface area contributed by atoms with E-state index in [1.54, 1.807) is 17.0 Å². The average molecular weight is 705 g/mol. The Kier molecular flexibility index (Phi) is 12.2. The number of aliphatic hydroxyl groups is 1. The monoisotopic (exact) mass is 704 g/mol. The summed E-state index contributed by atoms with van der Waals surface area (Å²) >= 11 is 0. The molecule has 4 aromatic carbocycles. The number of H-pyrrole nitrogens is 1. The lowest BCUT2D eigenvalue weighted by atomic mass is 9.89. The number of carbonyl (C=O) groups is 1. The highest BCUT2D eigenvalue weighted by atomic mass is 16.5. The number of phenolic OH excluding ortho intramolecular Hbond substituents is 1. The number of phenols is 1. The van der Waals surface area contributed by atoms with Crippen molar-refractivity contribution in [2.75, 3.05) is 24.6 Å². The summed E-state index contributed by atoms with van der Waals surface area (Å²) in [5.41, 5.74) is 11.7. The second kappa shape index (κ2) is 17.4. The van der Waals surface area contributed by atoms with E-state index in [1.807, 2.05) is 54.6 Å². The number of rotatable bonds is 15. The third-order valence-electron chi connectivity index (χ3n) is 9.96. The summed E-state index contributed by atoms with van der Waals surface area (Å²) in [6, 6.07) is 30.4. The van der Waals surface area contributed by atoms with E-state index in [9.17, 15) is 24.9 Å². The second-order valence-electron chi connectivity index (χ2n) is 13.6. The van der Waals surface area contributed by atoms with E-state index in [-0.39, 0.29) is 23.4 Å². The number of aromatic nitrogens is 1. The van der Waals surface area contributed by atoms with Crippen LogP contribution in [0.3, 0.4) is 0 Å². The molecular weight excluding hydrogens is 656 g/mol. The zero-order chi connectivity index (χ0) is 36.5. The molecule has 1 aliphatic rings. The SMILES string of the molecule is NC1CCC(N(C(=O)O)c2cc(CCCCOc3ccc(CCNCC(O)c4ccc(O)c5[nH]c(=O)ccc45)cc3)ccc2-c2ccccc2)CC1. The summed E-state index contributed by atoms with van der Waals surface area (Å²) in [5, 5.41) is 35.2. The first-order chi connectivity index (χ1) is 25.3. The number of aliphatic hydroxyl groups excluding tert-OH is 1. The number of hydrogen-bond donors (Lipinski definition) is 6. The van der Waals surface area contributed by atoms with E-state index in [1.165, 1.54) is 12.1 Å². The van der Waals surface area contributed by atoms with Gasteiger partial charge in [-0.2, -0.15) is 0 Å². The number of hydrogen-bond acceptors (Lipinski definition) is 7. The molecule has 0 aliphatic heterocycles. The number of fused-ring (bicyclic) bond motifs is 1. The average Bonchev–Trinajstić information content (AvgIpc) is 3.15. The minimum Gasteiger partial charge on any atom is -0.506 e. The van der Waals surface area contributed by atoms with Crippen LogP contribution in [0.25, 0.3) is 22.0 Å². The Morgan fingerprint density at radius 1 is 0.904 bits per heavy atom. The Balaban J connectivity index is 0.968. The molecule has 52 heavy (non-hydrogen) atoms. The van der Waals surface area contributed by atoms with Crippen molar-refractivity contribution in [3.05, 3.63) is 124 Å². The normalized spacial score (nSPS) is 16.4. The summed E-state index contributed by atoms with van der Waals surface area (Å²) in [4.78, 5) is 28.6. The maximum atomic E-state index is 12.7. The van der Waals surface area contributed by atoms with Crippen molar-refractivity contribution < 1.29 is 24.9 Å². The number of ether oxygens (including phenoxy) is 1. The first kappa shape index (κ1) is 36.6. The molecule has 1 saturated carbocycles. The first-order valence-electron chi connectivity index (χ1n) is 18.2. The van der Waals surface area contributed by atoms with Crippen LogP contribution in [0.15, 0.2) is 102 Å². The number of carboxylic acid groups (broad SMARTS) is 1. The predicted octanol–water partition coefficient (Wildman–Crippen LogP) is 6.92. The van der Waals surface area contributed by atoms with Gasteiger partial charge in [0.15, 0.2) is 0 Å². The van der Waals surface area contributed by atoms with E-state index in [0.29, 0.717) is 36.2 Å². The Morgan fingerprint density at radius 2 is 1.65 bits per heavy atom. The van der Waals surface area contributed by atoms with Gasteiger partial charge in [-0.05, 0) is 110 Å². The van der Waals surface area contributed by atoms with Crippen LogP contribution in [0.1, 0.15) is 61.3 Å². The van der Waals surface area contributed by atoms with Crippen molar-refractivity contribution >= 4 is 22.7 Å². The summed E-state index contributed by atoms with van der Waals surface area (Å²) in [5.74, 6) is 0.776. The summed E-state index contributed by atoms with van der Waals surface area (Å²) in [6.07, 6.45) is 4.80. The number of pyridine rings is 1. The zero-order valence-electron chi connectivity index (χ0n) is 29.3. The minimum absolute atomic E-state index is 0.0325. The van der Waals surface area contributed by atoms with Gasteiger partial charge in [0.25, 0.3) is 0 Å². The molecule has 10 nitrogen and oxygen atoms in total. The molecule has 1 fully saturated rings. The standard InChI is InChI=1S/C42H48N4O6/c43-31-12-14-32(15-13-31)46(42(50)51)37-26-29(11-18-34(37)30-7-2-1-3-8-30)6-4-5-25-52-33-16-9-28(10-17-33)23-24-44-27-39(48)35-19-21-38(47)41-36(35)20-22-40(49)45-41/h1-3,7-11,16-22,26,31-32,39,44,47-48H,4-6,12-15,23-25,27,43H2,(H,45,49)(H,50,51). The molecule has 272 valence electrons. The highest BCUT2D eigenvalue weighted by Crippen LogP contribution is 2.36. The van der Waals surface area contributed by atoms with Crippen molar-refractivity contribution in [3.8, 4) is 22.6 Å². The summed E-state index contributed by atoms with van der Waals surface area (Å²) in [7, 11) is 0. The molecule has 0 saturated heterocycles. The van der Waals surface area contributed by atoms with E-state index in [4.69, 9.17) is 10.5 Å². The molecule has 0 radical (unpaired) electrons. The van der Waals surface area contributed by atoms with Gasteiger partial charge in [0.05, 0.1) is 23.9 Å². The van der Waals surface area contributed by atoms with E-state index < -0.39 is 12.2 Å². The van der Waals surface area contributed by atoms with Crippen LogP contribution in [0, 0.1) is 0 Å². The second-order valence-corrected chi connectivity index (χ2v) is 13.6. The van der Waals surface area contributed by atoms with Gasteiger partial charge in [-0.25, -0.2) is 4.79 Å². The number of aromatic hydroxyl groups is 1. The number of nitrogens with zero attached hydrogens (tertiary/aromatic N) is 1. The molecule has 0 spiro atoms. The fraction of sp³-hybridized carbons (Fsp3) is 0.333. The third kappa shape index (κ3) is 9.19. The van der Waals surface area contributed by atoms with E-state index in [0.717, 1.165) is 85.1 Å². The molecule has 7 N–H and O–H groups in total. The van der Waals surface area contributed by atoms with Crippen molar-refractivity contribution in [3.63, 3.8) is 0 Å². The number of aromatic amines is 1. The molecule has 1 amide bonds. The lowest BCUT2D eigenvalue weighted by Crippen LogP contribution is -2.44. The molecule has 0 bridgehead atoms. The number of nitrogens with one attached hydrogen (secondary N) is 2. The minimum atomic E-state index is -0.927. The van der Waals surface area contributed by atoms with Gasteiger partial charge < -0.3 is 36.1 Å². The van der Waals surface area contributed by atoms with Gasteiger partial charge in [0.2, 0.25) is 5.56 Å². The van der Waals surface area contributed by atoms with Crippen molar-refractivity contribution in [2.45, 2.75) is 69.6 Å². The van der Waals surface area contributed by atoms with Crippen LogP contribution in [-0.2, 0) is 12.8 Å². The molecule has 10 heteroatoms. The van der Waals surface area contributed by atoms with Crippen LogP contribution in [0.2, 0.25) is 0 Å². The van der Waals surface area contributed by atoms with Crippen LogP contribution in [0.5, 0.6) is 11.5 Å². The Morgan fingerprint density at radius 3 is 2.40 bits per heavy atom. The van der Waals surface area contributed by atoms with Crippen LogP contribution < -0.4 is 26.2 Å². The molecule has 1 aromatic heterocycles. The number of amides is 1. The molecule has 1 atom stereocenters. The van der Waals surface area contributed by atoms with Crippen LogP contribution >= 0.6 is 0 Å². The Bertz CT molecular complexity index is 1990. The molecule has 6 rings (SSSR count). The molecule has 5 aromatic rings. The quantitative estimate of drug-likeness (QED) is 0.0641. The van der Waals surface area contributed by atoms with Crippen LogP contribution in [-0.4, -0.2) is 58.2 Å². The molecule has 1 unspecified atom stereocenters. The number of unbranched alkanes of at least 4 members (excludes halogenated alkanes) is 1. The highest BCUT2D eigenvalue weighted by molar-refractivity contribution is 5.94. The van der Waals surface area contributed by atoms with E-state index >= 15 is 0 Å². The number of anilines is 1. The smallest absolute Gasteiger partial charge is 0.412 e. The zero-order valence-corrected chi connectivity index (χ0v) is 29.3. The van der Waals surface area contributed by atoms with Gasteiger partial charge in [0, 0.05) is 35.6 Å². The number of nitrogens with two attached hydrogens (primary N) is 1. The summed E-state index contributed by atoms with van der Waals surface area (Å²) in [6.45, 7) is 1.57. The maximum absolute atomic E-state index is 12.7. The largest absolute Gasteiger partial charge is 0.506 e.